The lowest BCUT2D eigenvalue weighted by Gasteiger charge is -2.24. The third-order valence-corrected chi connectivity index (χ3v) is 4.98. The maximum absolute atomic E-state index is 13.0. The van der Waals surface area contributed by atoms with Crippen molar-refractivity contribution in [3.05, 3.63) is 48.0 Å². The number of aliphatic imine (C=N–C) groups is 1. The first-order valence-corrected chi connectivity index (χ1v) is 11.7. The molecule has 0 saturated carbocycles. The molecule has 2 atom stereocenters. The number of nitrogens with two attached hydrogens (primary N) is 1. The van der Waals surface area contributed by atoms with E-state index in [0.717, 1.165) is 16.9 Å². The molecule has 0 bridgehead atoms. The largest absolute Gasteiger partial charge is 0.491 e. The van der Waals surface area contributed by atoms with Crippen molar-refractivity contribution in [1.29, 1.82) is 0 Å². The van der Waals surface area contributed by atoms with Gasteiger partial charge in [-0.2, -0.15) is 0 Å². The molecule has 1 aromatic heterocycles. The number of carbonyl (C=O) groups is 2. The van der Waals surface area contributed by atoms with E-state index in [0.29, 0.717) is 32.0 Å². The number of aryl methyl sites for hydroxylation is 2. The van der Waals surface area contributed by atoms with Gasteiger partial charge in [0.25, 0.3) is 0 Å². The lowest BCUT2D eigenvalue weighted by Crippen LogP contribution is -2.51. The number of aromatic nitrogens is 2. The number of benzene rings is 1. The summed E-state index contributed by atoms with van der Waals surface area (Å²) in [6, 6.07) is 4.86. The highest BCUT2D eigenvalue weighted by Gasteiger charge is 2.25. The Morgan fingerprint density at radius 2 is 1.89 bits per heavy atom. The van der Waals surface area contributed by atoms with Crippen LogP contribution in [0.1, 0.15) is 51.7 Å². The number of rotatable bonds is 10. The number of hydrogen-bond donors (Lipinski definition) is 3. The molecule has 10 nitrogen and oxygen atoms in total. The molecule has 0 aliphatic rings. The molecule has 10 heteroatoms. The van der Waals surface area contributed by atoms with Crippen molar-refractivity contribution in [3.63, 3.8) is 0 Å². The van der Waals surface area contributed by atoms with E-state index >= 15 is 0 Å². The van der Waals surface area contributed by atoms with Gasteiger partial charge in [0.2, 0.25) is 11.9 Å². The molecule has 1 aromatic carbocycles. The summed E-state index contributed by atoms with van der Waals surface area (Å²) in [6.45, 7) is 11.8. The van der Waals surface area contributed by atoms with Crippen molar-refractivity contribution < 1.29 is 19.1 Å². The Labute approximate surface area is 207 Å². The maximum atomic E-state index is 13.0. The molecule has 4 N–H and O–H groups in total. The number of nitrogens with zero attached hydrogens (tertiary/aromatic N) is 3. The number of hydrogen-bond acceptors (Lipinski definition) is 6. The fourth-order valence-electron chi connectivity index (χ4n) is 3.30. The minimum absolute atomic E-state index is 0.278. The highest BCUT2D eigenvalue weighted by atomic mass is 16.6. The van der Waals surface area contributed by atoms with Crippen molar-refractivity contribution in [3.8, 4) is 5.75 Å². The van der Waals surface area contributed by atoms with Crippen LogP contribution < -0.4 is 21.1 Å². The summed E-state index contributed by atoms with van der Waals surface area (Å²) >= 11 is 0. The van der Waals surface area contributed by atoms with Gasteiger partial charge in [-0.05, 0) is 65.5 Å². The smallest absolute Gasteiger partial charge is 0.408 e. The Kier molecular flexibility index (Phi) is 10.1. The van der Waals surface area contributed by atoms with Gasteiger partial charge in [0, 0.05) is 18.9 Å². The molecule has 0 aliphatic heterocycles. The van der Waals surface area contributed by atoms with Gasteiger partial charge in [-0.1, -0.05) is 18.2 Å². The van der Waals surface area contributed by atoms with Gasteiger partial charge in [-0.25, -0.2) is 9.78 Å². The van der Waals surface area contributed by atoms with Gasteiger partial charge >= 0.3 is 6.09 Å². The Balaban J connectivity index is 1.96. The Hall–Kier alpha value is -3.56. The van der Waals surface area contributed by atoms with Crippen molar-refractivity contribution >= 4 is 18.0 Å². The fraction of sp³-hybridized carbons (Fsp3) is 0.520. The molecule has 192 valence electrons. The predicted octanol–water partition coefficient (Wildman–Crippen LogP) is 2.92. The molecule has 2 amide bonds. The topological polar surface area (TPSA) is 133 Å². The second-order valence-corrected chi connectivity index (χ2v) is 9.49. The third-order valence-electron chi connectivity index (χ3n) is 4.98. The highest BCUT2D eigenvalue weighted by Crippen LogP contribution is 2.22. The first-order chi connectivity index (χ1) is 16.5. The maximum Gasteiger partial charge on any atom is 0.408 e. The summed E-state index contributed by atoms with van der Waals surface area (Å²) in [5.74, 6) is 0.797. The molecule has 0 radical (unpaired) electrons. The minimum atomic E-state index is -0.794. The van der Waals surface area contributed by atoms with E-state index in [1.807, 2.05) is 39.0 Å². The number of alkyl carbamates (subject to hydrolysis) is 1. The van der Waals surface area contributed by atoms with Crippen LogP contribution in [0.2, 0.25) is 0 Å². The van der Waals surface area contributed by atoms with Gasteiger partial charge in [0.05, 0.1) is 6.04 Å². The molecule has 2 aromatic rings. The van der Waals surface area contributed by atoms with Crippen LogP contribution >= 0.6 is 0 Å². The van der Waals surface area contributed by atoms with Gasteiger partial charge in [-0.3, -0.25) is 14.4 Å². The summed E-state index contributed by atoms with van der Waals surface area (Å²) in [6.07, 6.45) is 5.09. The van der Waals surface area contributed by atoms with Crippen LogP contribution in [-0.4, -0.2) is 58.3 Å². The van der Waals surface area contributed by atoms with E-state index in [1.165, 1.54) is 0 Å². The number of para-hydroxylation sites is 1. The van der Waals surface area contributed by atoms with Crippen LogP contribution in [0.4, 0.5) is 4.79 Å². The van der Waals surface area contributed by atoms with Crippen LogP contribution in [0.5, 0.6) is 5.75 Å². The van der Waals surface area contributed by atoms with Crippen molar-refractivity contribution in [2.24, 2.45) is 10.7 Å². The van der Waals surface area contributed by atoms with E-state index in [-0.39, 0.29) is 11.9 Å². The summed E-state index contributed by atoms with van der Waals surface area (Å²) in [7, 11) is 0. The van der Waals surface area contributed by atoms with E-state index < -0.39 is 17.7 Å². The molecule has 0 aliphatic carbocycles. The van der Waals surface area contributed by atoms with Crippen molar-refractivity contribution in [2.45, 2.75) is 72.1 Å². The van der Waals surface area contributed by atoms with Gasteiger partial charge in [-0.15, -0.1) is 0 Å². The Morgan fingerprint density at radius 3 is 2.49 bits per heavy atom. The standard InChI is InChI=1S/C25H38N6O4/c1-17-9-7-10-18(2)21(17)34-15-19(3)29-22(32)20(30-24(33)35-25(4,5)6)11-8-12-28-23(26)31-14-13-27-16-31/h7,9-10,13-14,16,19-20H,8,11-12,15H2,1-6H3,(H2,26,28)(H,29,32)(H,30,33). The van der Waals surface area contributed by atoms with Crippen LogP contribution in [0, 0.1) is 13.8 Å². The molecule has 0 saturated heterocycles. The first-order valence-electron chi connectivity index (χ1n) is 11.7. The molecule has 0 fully saturated rings. The summed E-state index contributed by atoms with van der Waals surface area (Å²) in [5.41, 5.74) is 7.31. The van der Waals surface area contributed by atoms with Crippen LogP contribution in [0.15, 0.2) is 41.9 Å². The normalized spacial score (nSPS) is 13.6. The first kappa shape index (κ1) is 27.7. The lowest BCUT2D eigenvalue weighted by atomic mass is 10.1. The van der Waals surface area contributed by atoms with Crippen LogP contribution in [-0.2, 0) is 9.53 Å². The van der Waals surface area contributed by atoms with Crippen molar-refractivity contribution in [2.75, 3.05) is 13.2 Å². The fourth-order valence-corrected chi connectivity index (χ4v) is 3.30. The quantitative estimate of drug-likeness (QED) is 0.269. The Bertz CT molecular complexity index is 978. The highest BCUT2D eigenvalue weighted by molar-refractivity contribution is 5.85. The molecule has 1 heterocycles. The third kappa shape index (κ3) is 9.68. The van der Waals surface area contributed by atoms with Crippen molar-refractivity contribution in [1.82, 2.24) is 20.2 Å². The number of carbonyl (C=O) groups excluding carboxylic acids is 2. The number of ether oxygens (including phenoxy) is 2. The van der Waals surface area contributed by atoms with Gasteiger partial charge in [0.15, 0.2) is 0 Å². The van der Waals surface area contributed by atoms with Gasteiger partial charge in [0.1, 0.15) is 30.3 Å². The monoisotopic (exact) mass is 486 g/mol. The van der Waals surface area contributed by atoms with E-state index in [1.54, 1.807) is 44.1 Å². The molecule has 35 heavy (non-hydrogen) atoms. The molecular weight excluding hydrogens is 448 g/mol. The predicted molar refractivity (Wildman–Crippen MR) is 136 cm³/mol. The van der Waals surface area contributed by atoms with E-state index in [9.17, 15) is 9.59 Å². The van der Waals surface area contributed by atoms with Gasteiger partial charge < -0.3 is 25.8 Å². The second-order valence-electron chi connectivity index (χ2n) is 9.49. The number of nitrogens with one attached hydrogen (secondary N) is 2. The van der Waals surface area contributed by atoms with Crippen LogP contribution in [0.25, 0.3) is 0 Å². The summed E-state index contributed by atoms with van der Waals surface area (Å²) in [4.78, 5) is 33.6. The summed E-state index contributed by atoms with van der Waals surface area (Å²) in [5, 5.41) is 5.60. The lowest BCUT2D eigenvalue weighted by molar-refractivity contribution is -0.124. The average molecular weight is 487 g/mol. The zero-order valence-corrected chi connectivity index (χ0v) is 21.5. The summed E-state index contributed by atoms with van der Waals surface area (Å²) < 4.78 is 12.9. The molecule has 2 rings (SSSR count). The number of imidazole rings is 1. The van der Waals surface area contributed by atoms with Crippen LogP contribution in [0.3, 0.4) is 0 Å². The zero-order valence-electron chi connectivity index (χ0n) is 21.5. The number of amides is 2. The molecule has 0 spiro atoms. The second kappa shape index (κ2) is 12.8. The van der Waals surface area contributed by atoms with E-state index in [2.05, 4.69) is 20.6 Å². The Morgan fingerprint density at radius 1 is 1.20 bits per heavy atom. The molecular formula is C25H38N6O4. The SMILES string of the molecule is Cc1cccc(C)c1OCC(C)NC(=O)C(CCCN=C(N)n1ccnc1)NC(=O)OC(C)(C)C. The minimum Gasteiger partial charge on any atom is -0.491 e. The molecule has 2 unspecified atom stereocenters. The average Bonchev–Trinajstić information content (AvgIpc) is 3.29. The zero-order chi connectivity index (χ0) is 26.0. The van der Waals surface area contributed by atoms with E-state index in [4.69, 9.17) is 15.2 Å².